The fraction of sp³-hybridized carbons (Fsp3) is 0.143. The van der Waals surface area contributed by atoms with Crippen molar-refractivity contribution in [3.05, 3.63) is 53.2 Å². The van der Waals surface area contributed by atoms with Crippen LogP contribution in [0, 0.1) is 6.92 Å². The predicted molar refractivity (Wildman–Crippen MR) is 79.6 cm³/mol. The van der Waals surface area contributed by atoms with E-state index in [9.17, 15) is 13.2 Å². The van der Waals surface area contributed by atoms with Crippen LogP contribution in [0.4, 0.5) is 24.7 Å². The van der Waals surface area contributed by atoms with E-state index in [-0.39, 0.29) is 4.99 Å². The fourth-order valence-corrected chi connectivity index (χ4v) is 1.81. The number of alkyl halides is 3. The molecule has 1 heterocycles. The molecule has 0 aliphatic heterocycles. The molecule has 1 aromatic carbocycles. The van der Waals surface area contributed by atoms with E-state index in [4.69, 9.17) is 18.0 Å². The maximum absolute atomic E-state index is 12.7. The molecule has 0 fully saturated rings. The van der Waals surface area contributed by atoms with Crippen LogP contribution in [0.5, 0.6) is 0 Å². The smallest absolute Gasteiger partial charge is 0.389 e. The van der Waals surface area contributed by atoms with Crippen molar-refractivity contribution in [1.82, 2.24) is 4.98 Å². The number of aryl methyl sites for hydroxylation is 1. The van der Waals surface area contributed by atoms with Crippen LogP contribution in [0.15, 0.2) is 36.5 Å². The Morgan fingerprint density at radius 3 is 2.48 bits per heavy atom. The van der Waals surface area contributed by atoms with Crippen molar-refractivity contribution in [3.63, 3.8) is 0 Å². The molecule has 3 nitrogen and oxygen atoms in total. The lowest BCUT2D eigenvalue weighted by Crippen LogP contribution is -2.10. The zero-order valence-electron chi connectivity index (χ0n) is 11.0. The third-order valence-corrected chi connectivity index (χ3v) is 3.11. The minimum absolute atomic E-state index is 0.212. The Morgan fingerprint density at radius 1 is 1.24 bits per heavy atom. The largest absolute Gasteiger partial charge is 0.416 e. The van der Waals surface area contributed by atoms with Gasteiger partial charge >= 0.3 is 6.18 Å². The van der Waals surface area contributed by atoms with Gasteiger partial charge in [-0.1, -0.05) is 18.3 Å². The SMILES string of the molecule is Cc1ccc(C(F)(F)F)cc1Nc1ccc(C(N)=S)cn1. The molecule has 2 rings (SSSR count). The maximum atomic E-state index is 12.7. The lowest BCUT2D eigenvalue weighted by molar-refractivity contribution is -0.137. The summed E-state index contributed by atoms with van der Waals surface area (Å²) >= 11 is 4.81. The van der Waals surface area contributed by atoms with Gasteiger partial charge in [-0.3, -0.25) is 0 Å². The van der Waals surface area contributed by atoms with E-state index in [2.05, 4.69) is 10.3 Å². The highest BCUT2D eigenvalue weighted by molar-refractivity contribution is 7.80. The Kier molecular flexibility index (Phi) is 4.13. The highest BCUT2D eigenvalue weighted by Crippen LogP contribution is 2.32. The Balaban J connectivity index is 2.28. The Morgan fingerprint density at radius 2 is 1.95 bits per heavy atom. The zero-order chi connectivity index (χ0) is 15.6. The van der Waals surface area contributed by atoms with Gasteiger partial charge in [-0.2, -0.15) is 13.2 Å². The second-order valence-electron chi connectivity index (χ2n) is 4.45. The standard InChI is InChI=1S/C14H12F3N3S/c1-8-2-4-10(14(15,16)17)6-11(8)20-12-5-3-9(7-19-12)13(18)21/h2-7H,1H3,(H2,18,21)(H,19,20). The van der Waals surface area contributed by atoms with Gasteiger partial charge in [0.05, 0.1) is 5.56 Å². The Bertz CT molecular complexity index is 666. The van der Waals surface area contributed by atoms with Gasteiger partial charge in [0.15, 0.2) is 0 Å². The molecule has 2 aromatic rings. The lowest BCUT2D eigenvalue weighted by atomic mass is 10.1. The first kappa shape index (κ1) is 15.2. The first-order valence-corrected chi connectivity index (χ1v) is 6.39. The van der Waals surface area contributed by atoms with Crippen molar-refractivity contribution in [1.29, 1.82) is 0 Å². The number of thiocarbonyl (C=S) groups is 1. The van der Waals surface area contributed by atoms with Crippen LogP contribution in [0.2, 0.25) is 0 Å². The van der Waals surface area contributed by atoms with Gasteiger partial charge in [-0.05, 0) is 36.8 Å². The average Bonchev–Trinajstić information content (AvgIpc) is 2.40. The monoisotopic (exact) mass is 311 g/mol. The van der Waals surface area contributed by atoms with Crippen molar-refractivity contribution in [2.45, 2.75) is 13.1 Å². The molecule has 3 N–H and O–H groups in total. The van der Waals surface area contributed by atoms with E-state index in [0.717, 1.165) is 12.1 Å². The number of nitrogens with two attached hydrogens (primary N) is 1. The van der Waals surface area contributed by atoms with E-state index >= 15 is 0 Å². The maximum Gasteiger partial charge on any atom is 0.416 e. The summed E-state index contributed by atoms with van der Waals surface area (Å²) in [5.74, 6) is 0.414. The summed E-state index contributed by atoms with van der Waals surface area (Å²) in [6, 6.07) is 6.77. The van der Waals surface area contributed by atoms with Crippen LogP contribution >= 0.6 is 12.2 Å². The van der Waals surface area contributed by atoms with Crippen molar-refractivity contribution < 1.29 is 13.2 Å². The zero-order valence-corrected chi connectivity index (χ0v) is 11.8. The van der Waals surface area contributed by atoms with E-state index in [1.807, 2.05) is 0 Å². The number of pyridine rings is 1. The molecule has 0 unspecified atom stereocenters. The number of hydrogen-bond donors (Lipinski definition) is 2. The second-order valence-corrected chi connectivity index (χ2v) is 4.89. The molecule has 0 spiro atoms. The highest BCUT2D eigenvalue weighted by Gasteiger charge is 2.30. The van der Waals surface area contributed by atoms with Gasteiger partial charge in [0, 0.05) is 17.4 Å². The quantitative estimate of drug-likeness (QED) is 0.847. The number of aromatic nitrogens is 1. The minimum atomic E-state index is -4.38. The molecule has 0 atom stereocenters. The first-order chi connectivity index (χ1) is 9.77. The molecule has 0 saturated carbocycles. The van der Waals surface area contributed by atoms with Crippen LogP contribution in [0.25, 0.3) is 0 Å². The molecule has 0 aliphatic rings. The Hall–Kier alpha value is -2.15. The number of benzene rings is 1. The normalized spacial score (nSPS) is 11.2. The summed E-state index contributed by atoms with van der Waals surface area (Å²) < 4.78 is 38.1. The van der Waals surface area contributed by atoms with Gasteiger partial charge < -0.3 is 11.1 Å². The third kappa shape index (κ3) is 3.69. The first-order valence-electron chi connectivity index (χ1n) is 5.98. The molecular weight excluding hydrogens is 299 g/mol. The molecule has 0 bridgehead atoms. The number of rotatable bonds is 3. The number of hydrogen-bond acceptors (Lipinski definition) is 3. The molecule has 0 aliphatic carbocycles. The molecular formula is C14H12F3N3S. The van der Waals surface area contributed by atoms with Crippen LogP contribution in [-0.2, 0) is 6.18 Å². The molecule has 1 aromatic heterocycles. The van der Waals surface area contributed by atoms with Gasteiger partial charge in [-0.15, -0.1) is 0 Å². The van der Waals surface area contributed by atoms with E-state index < -0.39 is 11.7 Å². The summed E-state index contributed by atoms with van der Waals surface area (Å²) in [4.78, 5) is 4.28. The van der Waals surface area contributed by atoms with Crippen molar-refractivity contribution in [3.8, 4) is 0 Å². The van der Waals surface area contributed by atoms with E-state index in [0.29, 0.717) is 22.6 Å². The summed E-state index contributed by atoms with van der Waals surface area (Å²) in [6.07, 6.45) is -2.92. The number of halogens is 3. The van der Waals surface area contributed by atoms with Crippen molar-refractivity contribution >= 4 is 28.7 Å². The number of anilines is 2. The summed E-state index contributed by atoms with van der Waals surface area (Å²) in [5, 5.41) is 2.86. The van der Waals surface area contributed by atoms with Gasteiger partial charge in [0.2, 0.25) is 0 Å². The van der Waals surface area contributed by atoms with Crippen LogP contribution in [-0.4, -0.2) is 9.97 Å². The highest BCUT2D eigenvalue weighted by atomic mass is 32.1. The van der Waals surface area contributed by atoms with Gasteiger partial charge in [0.25, 0.3) is 0 Å². The van der Waals surface area contributed by atoms with Gasteiger partial charge in [0.1, 0.15) is 10.8 Å². The molecule has 0 radical (unpaired) electrons. The summed E-state index contributed by atoms with van der Waals surface area (Å²) in [6.45, 7) is 1.71. The minimum Gasteiger partial charge on any atom is -0.389 e. The van der Waals surface area contributed by atoms with Crippen LogP contribution in [0.1, 0.15) is 16.7 Å². The number of nitrogens with one attached hydrogen (secondary N) is 1. The summed E-state index contributed by atoms with van der Waals surface area (Å²) in [5.41, 5.74) is 6.37. The molecule has 110 valence electrons. The van der Waals surface area contributed by atoms with Crippen molar-refractivity contribution in [2.24, 2.45) is 5.73 Å². The summed E-state index contributed by atoms with van der Waals surface area (Å²) in [7, 11) is 0. The molecule has 21 heavy (non-hydrogen) atoms. The third-order valence-electron chi connectivity index (χ3n) is 2.88. The predicted octanol–water partition coefficient (Wildman–Crippen LogP) is 3.79. The Labute approximate surface area is 125 Å². The second kappa shape index (κ2) is 5.69. The lowest BCUT2D eigenvalue weighted by Gasteiger charge is -2.13. The van der Waals surface area contributed by atoms with Gasteiger partial charge in [-0.25, -0.2) is 4.98 Å². The fourth-order valence-electron chi connectivity index (χ4n) is 1.68. The van der Waals surface area contributed by atoms with E-state index in [1.54, 1.807) is 19.1 Å². The topological polar surface area (TPSA) is 50.9 Å². The molecule has 0 saturated heterocycles. The molecule has 0 amide bonds. The van der Waals surface area contributed by atoms with E-state index in [1.165, 1.54) is 12.3 Å². The van der Waals surface area contributed by atoms with Crippen LogP contribution < -0.4 is 11.1 Å². The van der Waals surface area contributed by atoms with Crippen molar-refractivity contribution in [2.75, 3.05) is 5.32 Å². The van der Waals surface area contributed by atoms with Crippen LogP contribution in [0.3, 0.4) is 0 Å². The number of nitrogens with zero attached hydrogens (tertiary/aromatic N) is 1. The average molecular weight is 311 g/mol. The molecule has 7 heteroatoms.